The Morgan fingerprint density at radius 1 is 1.53 bits per heavy atom. The maximum absolute atomic E-state index is 10.7. The van der Waals surface area contributed by atoms with Crippen LogP contribution in [0.1, 0.15) is 19.4 Å². The smallest absolute Gasteiger partial charge is 0.302 e. The number of carbonyl (C=O) groups excluding carboxylic acids is 1. The molecule has 0 spiro atoms. The Balaban J connectivity index is 0.00000196. The quantitative estimate of drug-likeness (QED) is 0.627. The molecule has 0 saturated carbocycles. The maximum atomic E-state index is 10.7. The Hall–Kier alpha value is -0.397. The molecule has 15 heavy (non-hydrogen) atoms. The molecule has 0 amide bonds. The number of rotatable bonds is 3. The Morgan fingerprint density at radius 3 is 2.73 bits per heavy atom. The van der Waals surface area contributed by atoms with E-state index in [0.29, 0.717) is 11.4 Å². The molecule has 0 fully saturated rings. The van der Waals surface area contributed by atoms with E-state index in [4.69, 9.17) is 16.3 Å². The second-order valence-electron chi connectivity index (χ2n) is 3.25. The molecule has 0 N–H and O–H groups in total. The molecular formula is C11H13ClO2Zn. The van der Waals surface area contributed by atoms with Gasteiger partial charge >= 0.3 is 5.97 Å². The van der Waals surface area contributed by atoms with Crippen molar-refractivity contribution in [1.29, 1.82) is 0 Å². The van der Waals surface area contributed by atoms with Crippen molar-refractivity contribution in [3.63, 3.8) is 0 Å². The number of esters is 1. The van der Waals surface area contributed by atoms with Gasteiger partial charge in [-0.1, -0.05) is 23.7 Å². The van der Waals surface area contributed by atoms with Crippen molar-refractivity contribution < 1.29 is 29.0 Å². The summed E-state index contributed by atoms with van der Waals surface area (Å²) >= 11 is 5.83. The summed E-state index contributed by atoms with van der Waals surface area (Å²) in [5.74, 6) is -0.250. The van der Waals surface area contributed by atoms with Crippen molar-refractivity contribution in [2.45, 2.75) is 26.4 Å². The topological polar surface area (TPSA) is 26.3 Å². The number of halogens is 1. The van der Waals surface area contributed by atoms with Crippen LogP contribution in [0.25, 0.3) is 0 Å². The molecular weight excluding hydrogens is 265 g/mol. The van der Waals surface area contributed by atoms with Gasteiger partial charge in [-0.05, 0) is 24.6 Å². The fraction of sp³-hybridized carbons (Fsp3) is 0.364. The molecule has 0 aromatic heterocycles. The molecule has 1 atom stereocenters. The van der Waals surface area contributed by atoms with Gasteiger partial charge in [-0.3, -0.25) is 4.79 Å². The molecule has 0 saturated heterocycles. The zero-order chi connectivity index (χ0) is 10.6. The number of ether oxygens (including phenoxy) is 1. The minimum absolute atomic E-state index is 0. The van der Waals surface area contributed by atoms with Gasteiger partial charge < -0.3 is 4.74 Å². The van der Waals surface area contributed by atoms with Gasteiger partial charge in [0.1, 0.15) is 6.10 Å². The Morgan fingerprint density at radius 2 is 2.20 bits per heavy atom. The van der Waals surface area contributed by atoms with E-state index in [-0.39, 0.29) is 31.6 Å². The molecule has 0 aliphatic rings. The first-order chi connectivity index (χ1) is 6.58. The normalized spacial score (nSPS) is 11.4. The summed E-state index contributed by atoms with van der Waals surface area (Å²) in [6.45, 7) is 3.27. The Labute approximate surface area is 108 Å². The molecule has 1 aromatic carbocycles. The van der Waals surface area contributed by atoms with Crippen molar-refractivity contribution in [1.82, 2.24) is 0 Å². The second-order valence-corrected chi connectivity index (χ2v) is 3.69. The fourth-order valence-corrected chi connectivity index (χ4v) is 1.53. The van der Waals surface area contributed by atoms with E-state index in [1.165, 1.54) is 6.92 Å². The van der Waals surface area contributed by atoms with Gasteiger partial charge in [0.2, 0.25) is 0 Å². The van der Waals surface area contributed by atoms with Crippen LogP contribution in [0, 0.1) is 0 Å². The van der Waals surface area contributed by atoms with Crippen LogP contribution in [0.2, 0.25) is 5.02 Å². The molecule has 1 rings (SSSR count). The number of hydrogen-bond acceptors (Lipinski definition) is 2. The minimum Gasteiger partial charge on any atom is -0.463 e. The molecule has 0 aliphatic carbocycles. The van der Waals surface area contributed by atoms with Gasteiger partial charge in [0.05, 0.1) is 0 Å². The van der Waals surface area contributed by atoms with Gasteiger partial charge in [0, 0.05) is 37.8 Å². The molecule has 78 valence electrons. The van der Waals surface area contributed by atoms with Crippen molar-refractivity contribution >= 4 is 17.6 Å². The number of hydrogen-bond donors (Lipinski definition) is 0. The third-order valence-electron chi connectivity index (χ3n) is 1.78. The maximum Gasteiger partial charge on any atom is 0.302 e. The van der Waals surface area contributed by atoms with Crippen LogP contribution in [0.3, 0.4) is 0 Å². The van der Waals surface area contributed by atoms with Crippen molar-refractivity contribution in [3.8, 4) is 0 Å². The van der Waals surface area contributed by atoms with Gasteiger partial charge in [-0.15, -0.1) is 0 Å². The van der Waals surface area contributed by atoms with Crippen LogP contribution in [0.15, 0.2) is 24.3 Å². The summed E-state index contributed by atoms with van der Waals surface area (Å²) in [5.41, 5.74) is 1.08. The van der Waals surface area contributed by atoms with E-state index in [0.717, 1.165) is 5.56 Å². The zero-order valence-corrected chi connectivity index (χ0v) is 12.7. The van der Waals surface area contributed by atoms with Gasteiger partial charge in [0.15, 0.2) is 0 Å². The van der Waals surface area contributed by atoms with E-state index in [9.17, 15) is 4.79 Å². The summed E-state index contributed by atoms with van der Waals surface area (Å²) in [4.78, 5) is 10.7. The predicted octanol–water partition coefficient (Wildman–Crippen LogP) is 2.83. The van der Waals surface area contributed by atoms with Crippen LogP contribution in [-0.2, 0) is 35.4 Å². The molecule has 0 aliphatic heterocycles. The van der Waals surface area contributed by atoms with Crippen LogP contribution < -0.4 is 0 Å². The van der Waals surface area contributed by atoms with Crippen LogP contribution in [0.5, 0.6) is 0 Å². The average Bonchev–Trinajstić information content (AvgIpc) is 2.01. The predicted molar refractivity (Wildman–Crippen MR) is 56.4 cm³/mol. The Kier molecular flexibility index (Phi) is 6.79. The summed E-state index contributed by atoms with van der Waals surface area (Å²) < 4.78 is 5.01. The second kappa shape index (κ2) is 6.97. The van der Waals surface area contributed by atoms with Crippen LogP contribution in [0.4, 0.5) is 0 Å². The third-order valence-corrected chi connectivity index (χ3v) is 2.01. The largest absolute Gasteiger partial charge is 0.463 e. The first kappa shape index (κ1) is 14.6. The van der Waals surface area contributed by atoms with E-state index >= 15 is 0 Å². The van der Waals surface area contributed by atoms with E-state index in [1.54, 1.807) is 0 Å². The van der Waals surface area contributed by atoms with Crippen LogP contribution in [-0.4, -0.2) is 12.1 Å². The summed E-state index contributed by atoms with van der Waals surface area (Å²) in [6, 6.07) is 7.55. The zero-order valence-electron chi connectivity index (χ0n) is 9.00. The van der Waals surface area contributed by atoms with Crippen LogP contribution >= 0.6 is 11.6 Å². The van der Waals surface area contributed by atoms with Gasteiger partial charge in [-0.25, -0.2) is 0 Å². The first-order valence-corrected chi connectivity index (χ1v) is 4.87. The molecule has 0 bridgehead atoms. The monoisotopic (exact) mass is 276 g/mol. The summed E-state index contributed by atoms with van der Waals surface area (Å²) in [6.07, 6.45) is 0.589. The minimum atomic E-state index is -0.250. The molecule has 1 unspecified atom stereocenters. The van der Waals surface area contributed by atoms with Crippen molar-refractivity contribution in [2.75, 3.05) is 0 Å². The molecule has 1 aromatic rings. The average molecular weight is 278 g/mol. The molecule has 2 nitrogen and oxygen atoms in total. The van der Waals surface area contributed by atoms with Crippen molar-refractivity contribution in [2.24, 2.45) is 0 Å². The van der Waals surface area contributed by atoms with Gasteiger partial charge in [-0.2, -0.15) is 0 Å². The summed E-state index contributed by atoms with van der Waals surface area (Å²) in [5, 5.41) is 0.706. The van der Waals surface area contributed by atoms with E-state index in [2.05, 4.69) is 0 Å². The first-order valence-electron chi connectivity index (χ1n) is 4.49. The number of carbonyl (C=O) groups is 1. The summed E-state index contributed by atoms with van der Waals surface area (Å²) in [7, 11) is 0. The molecule has 0 radical (unpaired) electrons. The number of benzene rings is 1. The SMILES string of the molecule is CC(=O)OC(C)Cc1cccc(Cl)c1.[Zn]. The van der Waals surface area contributed by atoms with E-state index in [1.807, 2.05) is 31.2 Å². The standard InChI is InChI=1S/C11H13ClO2.Zn/c1-8(14-9(2)13)6-10-4-3-5-11(12)7-10;/h3-5,7-8H,6H2,1-2H3;. The fourth-order valence-electron chi connectivity index (χ4n) is 1.32. The van der Waals surface area contributed by atoms with E-state index < -0.39 is 0 Å². The third kappa shape index (κ3) is 5.91. The molecule has 4 heteroatoms. The Bertz CT molecular complexity index is 328. The van der Waals surface area contributed by atoms with Crippen molar-refractivity contribution in [3.05, 3.63) is 34.9 Å². The van der Waals surface area contributed by atoms with Gasteiger partial charge in [0.25, 0.3) is 0 Å². The molecule has 0 heterocycles.